The van der Waals surface area contributed by atoms with Crippen LogP contribution >= 0.6 is 11.6 Å². The summed E-state index contributed by atoms with van der Waals surface area (Å²) in [7, 11) is 0. The molecule has 0 saturated carbocycles. The Kier molecular flexibility index (Phi) is 5.36. The quantitative estimate of drug-likeness (QED) is 0.621. The van der Waals surface area contributed by atoms with Crippen LogP contribution in [0.5, 0.6) is 0 Å². The predicted octanol–water partition coefficient (Wildman–Crippen LogP) is 3.87. The molecule has 0 spiro atoms. The van der Waals surface area contributed by atoms with Crippen LogP contribution in [0, 0.1) is 18.7 Å². The van der Waals surface area contributed by atoms with Gasteiger partial charge in [-0.1, -0.05) is 11.6 Å². The number of aryl methyl sites for hydroxylation is 1. The summed E-state index contributed by atoms with van der Waals surface area (Å²) in [4.78, 5) is 31.0. The van der Waals surface area contributed by atoms with Crippen molar-refractivity contribution in [1.29, 1.82) is 0 Å². The minimum absolute atomic E-state index is 0.0681. The van der Waals surface area contributed by atoms with E-state index in [1.807, 2.05) is 0 Å². The van der Waals surface area contributed by atoms with Gasteiger partial charge < -0.3 is 10.2 Å². The molecule has 31 heavy (non-hydrogen) atoms. The average Bonchev–Trinajstić information content (AvgIpc) is 2.80. The van der Waals surface area contributed by atoms with Crippen molar-refractivity contribution >= 4 is 34.8 Å². The summed E-state index contributed by atoms with van der Waals surface area (Å²) in [5, 5.41) is 10.3. The first-order valence-corrected chi connectivity index (χ1v) is 9.69. The van der Waals surface area contributed by atoms with E-state index in [-0.39, 0.29) is 22.0 Å². The van der Waals surface area contributed by atoms with Gasteiger partial charge in [-0.05, 0) is 44.2 Å². The SMILES string of the molecule is Cc1cc2c(c(F)n1)-c1ccnnc1C(C)C(=O)N2CC(=O)Nc1ccc(Cl)c(F)c1. The van der Waals surface area contributed by atoms with Gasteiger partial charge in [0.2, 0.25) is 17.8 Å². The first kappa shape index (κ1) is 20.8. The molecule has 4 rings (SSSR count). The van der Waals surface area contributed by atoms with Crippen molar-refractivity contribution in [2.24, 2.45) is 0 Å². The second-order valence-corrected chi connectivity index (χ2v) is 7.51. The number of pyridine rings is 1. The number of carbonyl (C=O) groups is 2. The smallest absolute Gasteiger partial charge is 0.244 e. The van der Waals surface area contributed by atoms with Crippen LogP contribution in [0.3, 0.4) is 0 Å². The largest absolute Gasteiger partial charge is 0.324 e. The molecule has 2 aromatic heterocycles. The Morgan fingerprint density at radius 1 is 1.26 bits per heavy atom. The monoisotopic (exact) mass is 443 g/mol. The van der Waals surface area contributed by atoms with Crippen LogP contribution in [0.2, 0.25) is 5.02 Å². The zero-order valence-corrected chi connectivity index (χ0v) is 17.2. The molecule has 1 unspecified atom stereocenters. The van der Waals surface area contributed by atoms with Crippen LogP contribution in [0.4, 0.5) is 20.2 Å². The zero-order chi connectivity index (χ0) is 22.3. The summed E-state index contributed by atoms with van der Waals surface area (Å²) in [5.74, 6) is -3.31. The summed E-state index contributed by atoms with van der Waals surface area (Å²) < 4.78 is 28.6. The number of nitrogens with zero attached hydrogens (tertiary/aromatic N) is 4. The number of rotatable bonds is 3. The fourth-order valence-corrected chi connectivity index (χ4v) is 3.62. The lowest BCUT2D eigenvalue weighted by Crippen LogP contribution is -2.40. The molecular formula is C21H16ClF2N5O2. The number of benzene rings is 1. The maximum atomic E-state index is 14.9. The molecule has 1 aliphatic heterocycles. The summed E-state index contributed by atoms with van der Waals surface area (Å²) in [6.07, 6.45) is 1.40. The molecule has 2 amide bonds. The van der Waals surface area contributed by atoms with Gasteiger partial charge in [-0.15, -0.1) is 0 Å². The van der Waals surface area contributed by atoms with E-state index < -0.39 is 36.0 Å². The van der Waals surface area contributed by atoms with Crippen molar-refractivity contribution in [2.45, 2.75) is 19.8 Å². The minimum atomic E-state index is -0.781. The van der Waals surface area contributed by atoms with E-state index in [9.17, 15) is 18.4 Å². The molecule has 0 fully saturated rings. The predicted molar refractivity (Wildman–Crippen MR) is 111 cm³/mol. The highest BCUT2D eigenvalue weighted by Crippen LogP contribution is 2.41. The lowest BCUT2D eigenvalue weighted by Gasteiger charge is -2.24. The second kappa shape index (κ2) is 7.99. The standard InChI is InChI=1S/C21H16ClF2N5O2/c1-10-7-16-18(20(24)26-10)13-5-6-25-28-19(13)11(2)21(31)29(16)9-17(30)27-12-3-4-14(22)15(23)8-12/h3-8,11H,9H2,1-2H3,(H,27,30). The van der Waals surface area contributed by atoms with E-state index in [4.69, 9.17) is 11.6 Å². The molecule has 7 nitrogen and oxygen atoms in total. The molecule has 0 bridgehead atoms. The molecule has 1 atom stereocenters. The van der Waals surface area contributed by atoms with E-state index in [0.717, 1.165) is 6.07 Å². The average molecular weight is 444 g/mol. The number of fused-ring (bicyclic) bond motifs is 3. The topological polar surface area (TPSA) is 88.1 Å². The van der Waals surface area contributed by atoms with Crippen molar-refractivity contribution in [2.75, 3.05) is 16.8 Å². The highest BCUT2D eigenvalue weighted by molar-refractivity contribution is 6.30. The number of carbonyl (C=O) groups excluding carboxylic acids is 2. The lowest BCUT2D eigenvalue weighted by molar-refractivity contribution is -0.122. The van der Waals surface area contributed by atoms with Gasteiger partial charge in [-0.2, -0.15) is 14.6 Å². The van der Waals surface area contributed by atoms with Crippen LogP contribution in [0.1, 0.15) is 24.2 Å². The van der Waals surface area contributed by atoms with Gasteiger partial charge in [-0.3, -0.25) is 9.59 Å². The highest BCUT2D eigenvalue weighted by atomic mass is 35.5. The molecule has 10 heteroatoms. The second-order valence-electron chi connectivity index (χ2n) is 7.10. The van der Waals surface area contributed by atoms with Gasteiger partial charge in [0.1, 0.15) is 12.4 Å². The van der Waals surface area contributed by atoms with Crippen molar-refractivity contribution in [3.05, 3.63) is 64.7 Å². The Morgan fingerprint density at radius 2 is 2.03 bits per heavy atom. The number of nitrogens with one attached hydrogen (secondary N) is 1. The normalized spacial score (nSPS) is 15.2. The maximum absolute atomic E-state index is 14.9. The third-order valence-electron chi connectivity index (χ3n) is 4.94. The molecule has 158 valence electrons. The number of anilines is 2. The van der Waals surface area contributed by atoms with Gasteiger partial charge >= 0.3 is 0 Å². The van der Waals surface area contributed by atoms with Crippen LogP contribution in [0.15, 0.2) is 36.5 Å². The number of hydrogen-bond donors (Lipinski definition) is 1. The van der Waals surface area contributed by atoms with Crippen molar-refractivity contribution < 1.29 is 18.4 Å². The van der Waals surface area contributed by atoms with Crippen molar-refractivity contribution in [1.82, 2.24) is 15.2 Å². The van der Waals surface area contributed by atoms with Crippen LogP contribution in [0.25, 0.3) is 11.1 Å². The van der Waals surface area contributed by atoms with Crippen LogP contribution < -0.4 is 10.2 Å². The Balaban J connectivity index is 1.75. The first-order valence-electron chi connectivity index (χ1n) is 9.31. The maximum Gasteiger partial charge on any atom is 0.244 e. The fourth-order valence-electron chi connectivity index (χ4n) is 3.51. The molecule has 1 aromatic carbocycles. The molecule has 1 N–H and O–H groups in total. The van der Waals surface area contributed by atoms with E-state index in [1.165, 1.54) is 29.3 Å². The molecule has 0 radical (unpaired) electrons. The van der Waals surface area contributed by atoms with Crippen LogP contribution in [-0.4, -0.2) is 33.5 Å². The Labute approximate surface area is 181 Å². The van der Waals surface area contributed by atoms with Crippen molar-refractivity contribution in [3.63, 3.8) is 0 Å². The molecular weight excluding hydrogens is 428 g/mol. The van der Waals surface area contributed by atoms with Gasteiger partial charge in [0.15, 0.2) is 0 Å². The third-order valence-corrected chi connectivity index (χ3v) is 5.25. The van der Waals surface area contributed by atoms with E-state index in [0.29, 0.717) is 17.0 Å². The number of halogens is 3. The Bertz CT molecular complexity index is 1220. The first-order chi connectivity index (χ1) is 14.8. The summed E-state index contributed by atoms with van der Waals surface area (Å²) in [6.45, 7) is 2.77. The Hall–Kier alpha value is -3.46. The van der Waals surface area contributed by atoms with E-state index in [1.54, 1.807) is 19.9 Å². The molecule has 1 aliphatic rings. The zero-order valence-electron chi connectivity index (χ0n) is 16.5. The summed E-state index contributed by atoms with van der Waals surface area (Å²) in [5.41, 5.74) is 1.46. The van der Waals surface area contributed by atoms with E-state index in [2.05, 4.69) is 20.5 Å². The summed E-state index contributed by atoms with van der Waals surface area (Å²) in [6, 6.07) is 6.91. The van der Waals surface area contributed by atoms with Gasteiger partial charge in [0.25, 0.3) is 0 Å². The van der Waals surface area contributed by atoms with Gasteiger partial charge in [0, 0.05) is 16.9 Å². The Morgan fingerprint density at radius 3 is 2.77 bits per heavy atom. The van der Waals surface area contributed by atoms with Gasteiger partial charge in [0.05, 0.1) is 34.1 Å². The lowest BCUT2D eigenvalue weighted by atomic mass is 9.99. The molecule has 0 aliphatic carbocycles. The number of aromatic nitrogens is 3. The highest BCUT2D eigenvalue weighted by Gasteiger charge is 2.35. The minimum Gasteiger partial charge on any atom is -0.324 e. The molecule has 0 saturated heterocycles. The number of hydrogen-bond acceptors (Lipinski definition) is 5. The molecule has 3 aromatic rings. The van der Waals surface area contributed by atoms with Crippen molar-refractivity contribution in [3.8, 4) is 11.1 Å². The molecule has 3 heterocycles. The third kappa shape index (κ3) is 3.84. The van der Waals surface area contributed by atoms with Crippen LogP contribution in [-0.2, 0) is 9.59 Å². The fraction of sp³-hybridized carbons (Fsp3) is 0.190. The van der Waals surface area contributed by atoms with E-state index >= 15 is 0 Å². The van der Waals surface area contributed by atoms with Gasteiger partial charge in [-0.25, -0.2) is 9.37 Å². The summed E-state index contributed by atoms with van der Waals surface area (Å²) >= 11 is 5.66. The number of amides is 2.